The summed E-state index contributed by atoms with van der Waals surface area (Å²) in [5, 5.41) is 10.8. The maximum atomic E-state index is 12.4. The zero-order valence-electron chi connectivity index (χ0n) is 14.7. The third-order valence-corrected chi connectivity index (χ3v) is 3.73. The van der Waals surface area contributed by atoms with E-state index in [0.717, 1.165) is 0 Å². The summed E-state index contributed by atoms with van der Waals surface area (Å²) in [5.41, 5.74) is 0.808. The molecule has 0 aliphatic heterocycles. The van der Waals surface area contributed by atoms with Gasteiger partial charge in [0.15, 0.2) is 6.10 Å². The number of nitro groups is 1. The minimum absolute atomic E-state index is 0.0833. The summed E-state index contributed by atoms with van der Waals surface area (Å²) in [6, 6.07) is 10.5. The molecule has 0 aromatic heterocycles. The Balaban J connectivity index is 2.07. The molecule has 2 aromatic rings. The van der Waals surface area contributed by atoms with Crippen LogP contribution in [0.25, 0.3) is 0 Å². The molecule has 7 nitrogen and oxygen atoms in total. The largest absolute Gasteiger partial charge is 0.494 e. The van der Waals surface area contributed by atoms with E-state index in [0.29, 0.717) is 23.5 Å². The number of nitrogens with zero attached hydrogens (tertiary/aromatic N) is 1. The Morgan fingerprint density at radius 2 is 1.73 bits per heavy atom. The second kappa shape index (κ2) is 8.24. The van der Waals surface area contributed by atoms with E-state index in [4.69, 9.17) is 9.47 Å². The van der Waals surface area contributed by atoms with Crippen LogP contribution in [0.2, 0.25) is 0 Å². The van der Waals surface area contributed by atoms with Gasteiger partial charge in [0.25, 0.3) is 5.69 Å². The molecule has 0 spiro atoms. The minimum Gasteiger partial charge on any atom is -0.494 e. The second-order valence-electron chi connectivity index (χ2n) is 5.63. The molecule has 0 saturated carbocycles. The second-order valence-corrected chi connectivity index (χ2v) is 5.63. The Labute approximate surface area is 150 Å². The minimum atomic E-state index is -0.990. The monoisotopic (exact) mass is 357 g/mol. The van der Waals surface area contributed by atoms with E-state index in [9.17, 15) is 19.7 Å². The van der Waals surface area contributed by atoms with Crippen molar-refractivity contribution in [3.05, 3.63) is 69.3 Å². The predicted molar refractivity (Wildman–Crippen MR) is 94.7 cm³/mol. The van der Waals surface area contributed by atoms with Crippen LogP contribution < -0.4 is 4.74 Å². The quantitative estimate of drug-likeness (QED) is 0.324. The molecule has 0 amide bonds. The fraction of sp³-hybridized carbons (Fsp3) is 0.263. The van der Waals surface area contributed by atoms with Crippen LogP contribution >= 0.6 is 0 Å². The molecule has 0 N–H and O–H groups in total. The zero-order chi connectivity index (χ0) is 19.3. The number of hydrogen-bond acceptors (Lipinski definition) is 6. The van der Waals surface area contributed by atoms with Gasteiger partial charge in [-0.15, -0.1) is 0 Å². The summed E-state index contributed by atoms with van der Waals surface area (Å²) in [6.45, 7) is 5.40. The van der Waals surface area contributed by atoms with Gasteiger partial charge in [-0.1, -0.05) is 0 Å². The molecule has 0 aliphatic rings. The molecular formula is C19H19NO6. The van der Waals surface area contributed by atoms with Gasteiger partial charge in [-0.3, -0.25) is 14.9 Å². The Bertz CT molecular complexity index is 828. The van der Waals surface area contributed by atoms with Gasteiger partial charge in [0.1, 0.15) is 5.75 Å². The van der Waals surface area contributed by atoms with Gasteiger partial charge in [-0.05, 0) is 57.2 Å². The Morgan fingerprint density at radius 3 is 2.27 bits per heavy atom. The van der Waals surface area contributed by atoms with Crippen LogP contribution in [0.4, 0.5) is 5.69 Å². The number of aryl methyl sites for hydroxylation is 1. The van der Waals surface area contributed by atoms with Crippen molar-refractivity contribution < 1.29 is 24.0 Å². The van der Waals surface area contributed by atoms with Gasteiger partial charge in [-0.2, -0.15) is 0 Å². The van der Waals surface area contributed by atoms with Gasteiger partial charge in [0.05, 0.1) is 17.1 Å². The number of nitro benzene ring substituents is 1. The first-order chi connectivity index (χ1) is 12.3. The highest BCUT2D eigenvalue weighted by atomic mass is 16.6. The molecule has 0 heterocycles. The van der Waals surface area contributed by atoms with E-state index in [2.05, 4.69) is 0 Å². The smallest absolute Gasteiger partial charge is 0.338 e. The molecule has 7 heteroatoms. The van der Waals surface area contributed by atoms with Crippen LogP contribution in [0, 0.1) is 17.0 Å². The van der Waals surface area contributed by atoms with Crippen molar-refractivity contribution >= 4 is 17.4 Å². The number of esters is 1. The fourth-order valence-electron chi connectivity index (χ4n) is 2.39. The maximum Gasteiger partial charge on any atom is 0.338 e. The van der Waals surface area contributed by atoms with Crippen molar-refractivity contribution in [1.82, 2.24) is 0 Å². The zero-order valence-corrected chi connectivity index (χ0v) is 14.7. The molecule has 2 rings (SSSR count). The van der Waals surface area contributed by atoms with Gasteiger partial charge >= 0.3 is 5.97 Å². The van der Waals surface area contributed by atoms with E-state index in [1.807, 2.05) is 6.92 Å². The van der Waals surface area contributed by atoms with E-state index in [1.54, 1.807) is 24.3 Å². The summed E-state index contributed by atoms with van der Waals surface area (Å²) < 4.78 is 10.5. The Kier molecular flexibility index (Phi) is 6.06. The molecule has 26 heavy (non-hydrogen) atoms. The molecule has 0 fully saturated rings. The number of rotatable bonds is 7. The number of hydrogen-bond donors (Lipinski definition) is 0. The normalized spacial score (nSPS) is 11.5. The standard InChI is InChI=1S/C19H19NO6/c1-4-25-16-8-5-14(6-9-16)18(21)13(3)26-19(22)15-7-10-17(20(23)24)12(2)11-15/h5-11,13H,4H2,1-3H3/t13-/m0/s1. The summed E-state index contributed by atoms with van der Waals surface area (Å²) >= 11 is 0. The van der Waals surface area contributed by atoms with Crippen molar-refractivity contribution in [2.45, 2.75) is 26.9 Å². The first-order valence-corrected chi connectivity index (χ1v) is 8.06. The van der Waals surface area contributed by atoms with Gasteiger partial charge in [-0.25, -0.2) is 4.79 Å². The highest BCUT2D eigenvalue weighted by Crippen LogP contribution is 2.20. The molecule has 136 valence electrons. The summed E-state index contributed by atoms with van der Waals surface area (Å²) in [6.07, 6.45) is -0.990. The molecular weight excluding hydrogens is 338 g/mol. The van der Waals surface area contributed by atoms with Gasteiger partial charge in [0.2, 0.25) is 5.78 Å². The van der Waals surface area contributed by atoms with E-state index in [-0.39, 0.29) is 17.0 Å². The lowest BCUT2D eigenvalue weighted by Gasteiger charge is -2.13. The summed E-state index contributed by atoms with van der Waals surface area (Å²) in [7, 11) is 0. The lowest BCUT2D eigenvalue weighted by Crippen LogP contribution is -2.24. The van der Waals surface area contributed by atoms with Crippen LogP contribution in [0.1, 0.15) is 40.1 Å². The Hall–Kier alpha value is -3.22. The summed E-state index contributed by atoms with van der Waals surface area (Å²) in [4.78, 5) is 34.9. The summed E-state index contributed by atoms with van der Waals surface area (Å²) in [5.74, 6) is -0.412. The van der Waals surface area contributed by atoms with E-state index < -0.39 is 17.0 Å². The molecule has 0 radical (unpaired) electrons. The average molecular weight is 357 g/mol. The first kappa shape index (κ1) is 19.1. The number of carbonyl (C=O) groups excluding carboxylic acids is 2. The lowest BCUT2D eigenvalue weighted by atomic mass is 10.1. The first-order valence-electron chi connectivity index (χ1n) is 8.06. The van der Waals surface area contributed by atoms with Crippen LogP contribution in [0.5, 0.6) is 5.75 Å². The number of ketones is 1. The molecule has 2 aromatic carbocycles. The number of Topliss-reactive ketones (excluding diaryl/α,β-unsaturated/α-hetero) is 1. The van der Waals surface area contributed by atoms with Crippen LogP contribution in [0.3, 0.4) is 0 Å². The van der Waals surface area contributed by atoms with Crippen LogP contribution in [-0.4, -0.2) is 29.4 Å². The van der Waals surface area contributed by atoms with Crippen LogP contribution in [0.15, 0.2) is 42.5 Å². The predicted octanol–water partition coefficient (Wildman–Crippen LogP) is 3.73. The van der Waals surface area contributed by atoms with Crippen molar-refractivity contribution in [3.8, 4) is 5.75 Å². The van der Waals surface area contributed by atoms with Crippen LogP contribution in [-0.2, 0) is 4.74 Å². The van der Waals surface area contributed by atoms with Crippen molar-refractivity contribution in [1.29, 1.82) is 0 Å². The molecule has 1 atom stereocenters. The van der Waals surface area contributed by atoms with Crippen molar-refractivity contribution in [3.63, 3.8) is 0 Å². The third-order valence-electron chi connectivity index (χ3n) is 3.73. The molecule has 0 aliphatic carbocycles. The van der Waals surface area contributed by atoms with E-state index in [1.165, 1.54) is 32.0 Å². The highest BCUT2D eigenvalue weighted by molar-refractivity contribution is 6.01. The SMILES string of the molecule is CCOc1ccc(C(=O)[C@H](C)OC(=O)c2ccc([N+](=O)[O-])c(C)c2)cc1. The molecule has 0 bridgehead atoms. The maximum absolute atomic E-state index is 12.4. The molecule has 0 unspecified atom stereocenters. The highest BCUT2D eigenvalue weighted by Gasteiger charge is 2.21. The average Bonchev–Trinajstić information content (AvgIpc) is 2.61. The fourth-order valence-corrected chi connectivity index (χ4v) is 2.39. The topological polar surface area (TPSA) is 95.7 Å². The van der Waals surface area contributed by atoms with Gasteiger partial charge < -0.3 is 9.47 Å². The Morgan fingerprint density at radius 1 is 1.12 bits per heavy atom. The number of benzene rings is 2. The van der Waals surface area contributed by atoms with Crippen molar-refractivity contribution in [2.24, 2.45) is 0 Å². The third kappa shape index (κ3) is 4.44. The number of ether oxygens (including phenoxy) is 2. The van der Waals surface area contributed by atoms with Crippen molar-refractivity contribution in [2.75, 3.05) is 6.61 Å². The molecule has 0 saturated heterocycles. The number of carbonyl (C=O) groups is 2. The van der Waals surface area contributed by atoms with Gasteiger partial charge in [0, 0.05) is 17.2 Å². The van der Waals surface area contributed by atoms with E-state index >= 15 is 0 Å². The lowest BCUT2D eigenvalue weighted by molar-refractivity contribution is -0.385.